The van der Waals surface area contributed by atoms with E-state index in [9.17, 15) is 30.7 Å². The molecule has 0 heterocycles. The van der Waals surface area contributed by atoms with Gasteiger partial charge in [0.15, 0.2) is 23.3 Å². The molecule has 1 nitrogen and oxygen atoms in total. The van der Waals surface area contributed by atoms with E-state index < -0.39 is 52.1 Å². The Morgan fingerprint density at radius 1 is 0.458 bits per heavy atom. The standard InChI is InChI=1S/C13H20.C12H18.C11H13F3.C10H10F4.C10H14O.C8H18/c1-10(2)11-6-8-12(9-7-11)13(3,4)5;1-8(2)12-10(4)6-9(3)7-11(12)5;1-7(2)9-4-8(3)5-10(6-9)11(12,13)14;1-4(2)6-9(13)7(11)5(3)8(12)10(6)14;1-8(2)9-4-6-10(11-3)7-5-9;1-4-5-6-7-8(2)3/h6-10H,1-5H3;6-8H,1-5H3;4-7H,1-3H3;4H,1-3H3;4-8H,1-3H3;8H,4-7H2,1-3H3. The predicted octanol–water partition coefficient (Wildman–Crippen LogP) is 21.7. The van der Waals surface area contributed by atoms with Crippen molar-refractivity contribution in [3.05, 3.63) is 169 Å². The van der Waals surface area contributed by atoms with E-state index in [1.54, 1.807) is 20.1 Å². The first kappa shape index (κ1) is 67.4. The number of hydrogen-bond acceptors (Lipinski definition) is 1. The van der Waals surface area contributed by atoms with Gasteiger partial charge in [0.05, 0.1) is 12.7 Å². The Morgan fingerprint density at radius 2 is 0.861 bits per heavy atom. The molecule has 0 atom stereocenters. The lowest BCUT2D eigenvalue weighted by atomic mass is 9.86. The number of methoxy groups -OCH3 is 1. The third kappa shape index (κ3) is 24.0. The van der Waals surface area contributed by atoms with Crippen LogP contribution in [0.4, 0.5) is 30.7 Å². The highest BCUT2D eigenvalue weighted by Gasteiger charge is 2.31. The quantitative estimate of drug-likeness (QED) is 0.0770. The van der Waals surface area contributed by atoms with Crippen LogP contribution >= 0.6 is 0 Å². The molecule has 0 unspecified atom stereocenters. The number of halogens is 7. The second-order valence-electron chi connectivity index (χ2n) is 22.0. The van der Waals surface area contributed by atoms with E-state index in [0.717, 1.165) is 24.2 Å². The van der Waals surface area contributed by atoms with Crippen molar-refractivity contribution in [1.82, 2.24) is 0 Å². The SMILES string of the molecule is CC(C)c1ccc(C(C)(C)C)cc1.CCCCCC(C)C.COc1ccc(C(C)C)cc1.Cc1c(F)c(F)c(C(C)C)c(F)c1F.Cc1cc(C(C)C)cc(C(F)(F)F)c1.Cc1cc(C)c(C(C)C)c(C)c1. The average Bonchev–Trinajstić information content (AvgIpc) is 3.27. The van der Waals surface area contributed by atoms with Gasteiger partial charge in [0.2, 0.25) is 0 Å². The maximum atomic E-state index is 13.2. The molecule has 0 radical (unpaired) electrons. The van der Waals surface area contributed by atoms with Crippen molar-refractivity contribution >= 4 is 0 Å². The fourth-order valence-electron chi connectivity index (χ4n) is 7.84. The summed E-state index contributed by atoms with van der Waals surface area (Å²) in [7, 11) is 1.68. The molecule has 0 saturated carbocycles. The Morgan fingerprint density at radius 3 is 1.19 bits per heavy atom. The summed E-state index contributed by atoms with van der Waals surface area (Å²) in [5.74, 6) is -1.99. The molecule has 0 aliphatic carbocycles. The number of ether oxygens (including phenoxy) is 1. The molecule has 0 saturated heterocycles. The van der Waals surface area contributed by atoms with Gasteiger partial charge in [-0.25, -0.2) is 17.6 Å². The van der Waals surface area contributed by atoms with Crippen LogP contribution in [-0.2, 0) is 11.6 Å². The zero-order valence-electron chi connectivity index (χ0n) is 48.4. The molecule has 0 aliphatic rings. The highest BCUT2D eigenvalue weighted by Crippen LogP contribution is 2.33. The summed E-state index contributed by atoms with van der Waals surface area (Å²) >= 11 is 0. The summed E-state index contributed by atoms with van der Waals surface area (Å²) < 4.78 is 94.6. The molecule has 5 aromatic carbocycles. The van der Waals surface area contributed by atoms with Gasteiger partial charge in [-0.3, -0.25) is 0 Å². The summed E-state index contributed by atoms with van der Waals surface area (Å²) in [6.07, 6.45) is 1.36. The largest absolute Gasteiger partial charge is 0.497 e. The van der Waals surface area contributed by atoms with Crippen molar-refractivity contribution < 1.29 is 35.5 Å². The van der Waals surface area contributed by atoms with Crippen LogP contribution in [0.1, 0.15) is 233 Å². The highest BCUT2D eigenvalue weighted by atomic mass is 19.4. The molecule has 0 spiro atoms. The van der Waals surface area contributed by atoms with Gasteiger partial charge in [-0.15, -0.1) is 0 Å². The third-order valence-corrected chi connectivity index (χ3v) is 12.1. The maximum Gasteiger partial charge on any atom is 0.416 e. The molecular formula is C64H93F7O. The van der Waals surface area contributed by atoms with Crippen molar-refractivity contribution in [2.45, 2.75) is 212 Å². The molecule has 8 heteroatoms. The van der Waals surface area contributed by atoms with Crippen LogP contribution in [0.2, 0.25) is 0 Å². The van der Waals surface area contributed by atoms with Crippen molar-refractivity contribution in [2.24, 2.45) is 5.92 Å². The Labute approximate surface area is 433 Å². The van der Waals surface area contributed by atoms with Gasteiger partial charge >= 0.3 is 6.18 Å². The summed E-state index contributed by atoms with van der Waals surface area (Å²) in [4.78, 5) is 0. The fraction of sp³-hybridized carbons (Fsp3) is 0.531. The predicted molar refractivity (Wildman–Crippen MR) is 295 cm³/mol. The van der Waals surface area contributed by atoms with E-state index in [2.05, 4.69) is 152 Å². The normalized spacial score (nSPS) is 11.3. The highest BCUT2D eigenvalue weighted by molar-refractivity contribution is 5.39. The average molecular weight is 1010 g/mol. The van der Waals surface area contributed by atoms with Crippen molar-refractivity contribution in [3.8, 4) is 5.75 Å². The van der Waals surface area contributed by atoms with Crippen LogP contribution in [0.15, 0.2) is 78.9 Å². The summed E-state index contributed by atoms with van der Waals surface area (Å²) in [5, 5.41) is 0. The monoisotopic (exact) mass is 1010 g/mol. The van der Waals surface area contributed by atoms with E-state index in [1.807, 2.05) is 26.0 Å². The number of rotatable bonds is 10. The first-order valence-corrected chi connectivity index (χ1v) is 26.0. The van der Waals surface area contributed by atoms with Crippen LogP contribution in [0.3, 0.4) is 0 Å². The van der Waals surface area contributed by atoms with E-state index in [-0.39, 0.29) is 11.3 Å². The lowest BCUT2D eigenvalue weighted by molar-refractivity contribution is -0.137. The van der Waals surface area contributed by atoms with Crippen molar-refractivity contribution in [1.29, 1.82) is 0 Å². The van der Waals surface area contributed by atoms with Crippen LogP contribution in [0, 0.1) is 63.8 Å². The summed E-state index contributed by atoms with van der Waals surface area (Å²) in [6.45, 7) is 42.8. The first-order valence-electron chi connectivity index (χ1n) is 26.0. The molecule has 5 rings (SSSR count). The number of alkyl halides is 3. The number of hydrogen-bond donors (Lipinski definition) is 0. The molecular weight excluding hydrogens is 918 g/mol. The van der Waals surface area contributed by atoms with Crippen molar-refractivity contribution in [3.63, 3.8) is 0 Å². The van der Waals surface area contributed by atoms with Gasteiger partial charge in [-0.2, -0.15) is 13.2 Å². The summed E-state index contributed by atoms with van der Waals surface area (Å²) in [5.41, 5.74) is 9.89. The van der Waals surface area contributed by atoms with Crippen LogP contribution in [0.25, 0.3) is 0 Å². The van der Waals surface area contributed by atoms with Crippen LogP contribution < -0.4 is 4.74 Å². The van der Waals surface area contributed by atoms with Gasteiger partial charge in [0.25, 0.3) is 0 Å². The molecule has 0 amide bonds. The zero-order valence-corrected chi connectivity index (χ0v) is 48.4. The van der Waals surface area contributed by atoms with Gasteiger partial charge < -0.3 is 4.74 Å². The molecule has 5 aromatic rings. The second kappa shape index (κ2) is 31.9. The Kier molecular flexibility index (Phi) is 29.8. The van der Waals surface area contributed by atoms with Gasteiger partial charge in [-0.05, 0) is 139 Å². The zero-order chi connectivity index (χ0) is 56.0. The van der Waals surface area contributed by atoms with E-state index in [0.29, 0.717) is 23.3 Å². The smallest absolute Gasteiger partial charge is 0.416 e. The number of unbranched alkanes of at least 4 members (excludes halogenated alkanes) is 2. The lowest BCUT2D eigenvalue weighted by Gasteiger charge is -2.19. The molecule has 0 aliphatic heterocycles. The summed E-state index contributed by atoms with van der Waals surface area (Å²) in [6, 6.07) is 25.9. The molecule has 404 valence electrons. The molecule has 0 bridgehead atoms. The van der Waals surface area contributed by atoms with E-state index in [4.69, 9.17) is 4.74 Å². The minimum atomic E-state index is -4.24. The Balaban J connectivity index is 0.000000847. The topological polar surface area (TPSA) is 9.23 Å². The van der Waals surface area contributed by atoms with Crippen LogP contribution in [-0.4, -0.2) is 7.11 Å². The number of benzene rings is 5. The molecule has 0 N–H and O–H groups in total. The Hall–Kier alpha value is -4.59. The molecule has 0 aromatic heterocycles. The second-order valence-corrected chi connectivity index (χ2v) is 22.0. The minimum Gasteiger partial charge on any atom is -0.497 e. The lowest BCUT2D eigenvalue weighted by Crippen LogP contribution is -2.10. The van der Waals surface area contributed by atoms with Gasteiger partial charge in [-0.1, -0.05) is 202 Å². The van der Waals surface area contributed by atoms with Gasteiger partial charge in [0.1, 0.15) is 5.75 Å². The molecule has 0 fully saturated rings. The van der Waals surface area contributed by atoms with Crippen molar-refractivity contribution in [2.75, 3.05) is 7.11 Å². The van der Waals surface area contributed by atoms with Gasteiger partial charge in [0, 0.05) is 11.1 Å². The first-order chi connectivity index (χ1) is 33.1. The van der Waals surface area contributed by atoms with E-state index in [1.165, 1.54) is 90.6 Å². The van der Waals surface area contributed by atoms with Crippen LogP contribution in [0.5, 0.6) is 5.75 Å². The minimum absolute atomic E-state index is 0.121. The third-order valence-electron chi connectivity index (χ3n) is 12.1. The maximum absolute atomic E-state index is 13.2. The van der Waals surface area contributed by atoms with E-state index >= 15 is 0 Å². The fourth-order valence-corrected chi connectivity index (χ4v) is 7.84. The molecule has 72 heavy (non-hydrogen) atoms. The number of aryl methyl sites for hydroxylation is 4. The Bertz CT molecular complexity index is 2260.